The molecule has 1 aliphatic heterocycles. The molecule has 0 radical (unpaired) electrons. The summed E-state index contributed by atoms with van der Waals surface area (Å²) in [7, 11) is 0. The quantitative estimate of drug-likeness (QED) is 0.655. The number of halogens is 1. The van der Waals surface area contributed by atoms with Gasteiger partial charge in [-0.3, -0.25) is 14.4 Å². The lowest BCUT2D eigenvalue weighted by molar-refractivity contribution is -0.141. The fourth-order valence-electron chi connectivity index (χ4n) is 2.33. The van der Waals surface area contributed by atoms with Gasteiger partial charge in [0, 0.05) is 10.6 Å². The van der Waals surface area contributed by atoms with Crippen molar-refractivity contribution < 1.29 is 23.9 Å². The second kappa shape index (κ2) is 7.36. The monoisotopic (exact) mass is 359 g/mol. The summed E-state index contributed by atoms with van der Waals surface area (Å²) in [6.45, 7) is -0.448. The Bertz CT molecular complexity index is 849. The van der Waals surface area contributed by atoms with Gasteiger partial charge in [0.2, 0.25) is 0 Å². The number of carbonyl (C=O) groups is 3. The van der Waals surface area contributed by atoms with E-state index in [-0.39, 0.29) is 24.7 Å². The fourth-order valence-corrected chi connectivity index (χ4v) is 2.54. The van der Waals surface area contributed by atoms with E-state index in [2.05, 4.69) is 5.32 Å². The van der Waals surface area contributed by atoms with E-state index in [9.17, 15) is 14.4 Å². The molecule has 6 nitrogen and oxygen atoms in total. The van der Waals surface area contributed by atoms with Crippen LogP contribution in [0.3, 0.4) is 0 Å². The Hall–Kier alpha value is -2.86. The van der Waals surface area contributed by atoms with E-state index in [0.29, 0.717) is 27.6 Å². The number of Topliss-reactive ketones (excluding diaryl/α,β-unsaturated/α-hetero) is 1. The highest BCUT2D eigenvalue weighted by molar-refractivity contribution is 6.31. The zero-order valence-electron chi connectivity index (χ0n) is 13.1. The molecule has 0 atom stereocenters. The summed E-state index contributed by atoms with van der Waals surface area (Å²) in [4.78, 5) is 35.4. The molecule has 0 aromatic heterocycles. The summed E-state index contributed by atoms with van der Waals surface area (Å²) in [6.07, 6.45) is -0.0129. The van der Waals surface area contributed by atoms with E-state index in [1.807, 2.05) is 0 Å². The van der Waals surface area contributed by atoms with Gasteiger partial charge in [-0.2, -0.15) is 0 Å². The Kier molecular flexibility index (Phi) is 5.00. The molecular formula is C18H14ClNO5. The third-order valence-corrected chi connectivity index (χ3v) is 3.96. The number of esters is 1. The normalized spacial score (nSPS) is 12.6. The highest BCUT2D eigenvalue weighted by atomic mass is 35.5. The number of amides is 1. The molecule has 3 rings (SSSR count). The first kappa shape index (κ1) is 17.0. The minimum atomic E-state index is -0.545. The standard InChI is InChI=1S/C18H14ClNO5/c19-13-4-2-1-3-11(13)8-18(23)25-9-15(21)12-5-6-16-14(7-12)20-17(22)10-24-16/h1-7H,8-10H2,(H,20,22). The topological polar surface area (TPSA) is 81.7 Å². The van der Waals surface area contributed by atoms with Crippen LogP contribution in [0.1, 0.15) is 15.9 Å². The Labute approximate surface area is 148 Å². The van der Waals surface area contributed by atoms with Gasteiger partial charge in [-0.05, 0) is 29.8 Å². The average Bonchev–Trinajstić information content (AvgIpc) is 2.61. The molecule has 2 aromatic carbocycles. The van der Waals surface area contributed by atoms with Crippen molar-refractivity contribution in [2.75, 3.05) is 18.5 Å². The molecule has 0 bridgehead atoms. The summed E-state index contributed by atoms with van der Waals surface area (Å²) >= 11 is 5.99. The highest BCUT2D eigenvalue weighted by Crippen LogP contribution is 2.28. The number of hydrogen-bond donors (Lipinski definition) is 1. The van der Waals surface area contributed by atoms with Crippen LogP contribution in [0.15, 0.2) is 42.5 Å². The molecule has 0 unspecified atom stereocenters. The summed E-state index contributed by atoms with van der Waals surface area (Å²) in [5, 5.41) is 3.09. The number of carbonyl (C=O) groups excluding carboxylic acids is 3. The molecule has 7 heteroatoms. The molecule has 128 valence electrons. The van der Waals surface area contributed by atoms with Crippen LogP contribution >= 0.6 is 11.6 Å². The maximum atomic E-state index is 12.2. The smallest absolute Gasteiger partial charge is 0.310 e. The van der Waals surface area contributed by atoms with Crippen molar-refractivity contribution in [2.45, 2.75) is 6.42 Å². The van der Waals surface area contributed by atoms with Crippen LogP contribution in [0.2, 0.25) is 5.02 Å². The van der Waals surface area contributed by atoms with Crippen molar-refractivity contribution in [3.63, 3.8) is 0 Å². The van der Waals surface area contributed by atoms with E-state index in [4.69, 9.17) is 21.1 Å². The number of hydrogen-bond acceptors (Lipinski definition) is 5. The van der Waals surface area contributed by atoms with Crippen molar-refractivity contribution in [3.8, 4) is 5.75 Å². The molecule has 0 spiro atoms. The van der Waals surface area contributed by atoms with Gasteiger partial charge in [0.1, 0.15) is 5.75 Å². The van der Waals surface area contributed by atoms with Crippen LogP contribution in [0.25, 0.3) is 0 Å². The number of ketones is 1. The number of ether oxygens (including phenoxy) is 2. The highest BCUT2D eigenvalue weighted by Gasteiger charge is 2.18. The van der Waals surface area contributed by atoms with E-state index >= 15 is 0 Å². The zero-order chi connectivity index (χ0) is 17.8. The summed E-state index contributed by atoms with van der Waals surface area (Å²) in [6, 6.07) is 11.6. The number of fused-ring (bicyclic) bond motifs is 1. The number of anilines is 1. The molecule has 0 aliphatic carbocycles. The zero-order valence-corrected chi connectivity index (χ0v) is 13.8. The Morgan fingerprint density at radius 1 is 1.20 bits per heavy atom. The second-order valence-electron chi connectivity index (χ2n) is 5.40. The Morgan fingerprint density at radius 3 is 2.80 bits per heavy atom. The van der Waals surface area contributed by atoms with Gasteiger partial charge < -0.3 is 14.8 Å². The SMILES string of the molecule is O=C1COc2ccc(C(=O)COC(=O)Cc3ccccc3Cl)cc2N1. The first-order valence-corrected chi connectivity index (χ1v) is 7.89. The van der Waals surface area contributed by atoms with Gasteiger partial charge in [-0.25, -0.2) is 0 Å². The summed E-state index contributed by atoms with van der Waals surface area (Å²) < 4.78 is 10.2. The van der Waals surface area contributed by atoms with Crippen molar-refractivity contribution in [1.29, 1.82) is 0 Å². The first-order valence-electron chi connectivity index (χ1n) is 7.52. The molecule has 1 aliphatic rings. The largest absolute Gasteiger partial charge is 0.482 e. The van der Waals surface area contributed by atoms with Gasteiger partial charge in [-0.1, -0.05) is 29.8 Å². The van der Waals surface area contributed by atoms with Crippen LogP contribution in [0.4, 0.5) is 5.69 Å². The van der Waals surface area contributed by atoms with E-state index < -0.39 is 12.6 Å². The Morgan fingerprint density at radius 2 is 2.00 bits per heavy atom. The predicted octanol–water partition coefficient (Wildman–Crippen LogP) is 2.64. The number of benzene rings is 2. The maximum absolute atomic E-state index is 12.2. The molecule has 0 saturated carbocycles. The molecule has 1 heterocycles. The van der Waals surface area contributed by atoms with Gasteiger partial charge in [0.25, 0.3) is 5.91 Å². The van der Waals surface area contributed by atoms with Gasteiger partial charge in [0.15, 0.2) is 19.0 Å². The lowest BCUT2D eigenvalue weighted by Crippen LogP contribution is -2.25. The minimum absolute atomic E-state index is 0.0129. The van der Waals surface area contributed by atoms with Crippen LogP contribution in [0, 0.1) is 0 Å². The molecule has 2 aromatic rings. The van der Waals surface area contributed by atoms with E-state index in [1.54, 1.807) is 36.4 Å². The molecule has 1 amide bonds. The fraction of sp³-hybridized carbons (Fsp3) is 0.167. The third-order valence-electron chi connectivity index (χ3n) is 3.59. The van der Waals surface area contributed by atoms with E-state index in [1.165, 1.54) is 6.07 Å². The number of rotatable bonds is 5. The van der Waals surface area contributed by atoms with Crippen molar-refractivity contribution >= 4 is 34.9 Å². The molecule has 25 heavy (non-hydrogen) atoms. The van der Waals surface area contributed by atoms with Crippen molar-refractivity contribution in [3.05, 3.63) is 58.6 Å². The van der Waals surface area contributed by atoms with Crippen molar-refractivity contribution in [2.24, 2.45) is 0 Å². The van der Waals surface area contributed by atoms with Crippen LogP contribution in [-0.2, 0) is 20.7 Å². The molecule has 0 saturated heterocycles. The molecule has 1 N–H and O–H groups in total. The summed E-state index contributed by atoms with van der Waals surface area (Å²) in [5.74, 6) is -0.721. The van der Waals surface area contributed by atoms with Crippen molar-refractivity contribution in [1.82, 2.24) is 0 Å². The number of nitrogens with one attached hydrogen (secondary N) is 1. The molecule has 0 fully saturated rings. The predicted molar refractivity (Wildman–Crippen MR) is 91.0 cm³/mol. The summed E-state index contributed by atoms with van der Waals surface area (Å²) in [5.41, 5.74) is 1.37. The average molecular weight is 360 g/mol. The van der Waals surface area contributed by atoms with Crippen LogP contribution in [0.5, 0.6) is 5.75 Å². The molecular weight excluding hydrogens is 346 g/mol. The van der Waals surface area contributed by atoms with Gasteiger partial charge in [0.05, 0.1) is 12.1 Å². The van der Waals surface area contributed by atoms with Crippen LogP contribution < -0.4 is 10.1 Å². The van der Waals surface area contributed by atoms with Gasteiger partial charge >= 0.3 is 5.97 Å². The second-order valence-corrected chi connectivity index (χ2v) is 5.81. The third kappa shape index (κ3) is 4.16. The Balaban J connectivity index is 1.59. The lowest BCUT2D eigenvalue weighted by Gasteiger charge is -2.18. The first-order chi connectivity index (χ1) is 12.0. The van der Waals surface area contributed by atoms with Crippen LogP contribution in [-0.4, -0.2) is 30.9 Å². The maximum Gasteiger partial charge on any atom is 0.310 e. The lowest BCUT2D eigenvalue weighted by atomic mass is 10.1. The van der Waals surface area contributed by atoms with Gasteiger partial charge in [-0.15, -0.1) is 0 Å². The minimum Gasteiger partial charge on any atom is -0.482 e. The van der Waals surface area contributed by atoms with E-state index in [0.717, 1.165) is 0 Å².